The van der Waals surface area contributed by atoms with Crippen LogP contribution in [0.3, 0.4) is 0 Å². The molecule has 378 valence electrons. The first-order valence-corrected chi connectivity index (χ1v) is 25.9. The second-order valence-corrected chi connectivity index (χ2v) is 18.9. The number of hydrogen-bond acceptors (Lipinski definition) is 6. The minimum absolute atomic E-state index is 0. The van der Waals surface area contributed by atoms with Crippen LogP contribution in [-0.4, -0.2) is 39.9 Å². The number of nitrogens with zero attached hydrogens (tertiary/aromatic N) is 4. The molecule has 0 atom stereocenters. The first kappa shape index (κ1) is 50.9. The molecule has 0 fully saturated rings. The minimum atomic E-state index is 0. The largest absolute Gasteiger partial charge is 0.488 e. The van der Waals surface area contributed by atoms with Crippen molar-refractivity contribution in [3.63, 3.8) is 0 Å². The fourth-order valence-electron chi connectivity index (χ4n) is 10.2. The molecule has 6 heterocycles. The van der Waals surface area contributed by atoms with Gasteiger partial charge in [-0.25, -0.2) is 19.9 Å². The fraction of sp³-hybridized carbons (Fsp3) is 0.281. The highest BCUT2D eigenvalue weighted by atomic mass is 16.5. The molecule has 9 aromatic rings. The zero-order valence-corrected chi connectivity index (χ0v) is 41.8. The van der Waals surface area contributed by atoms with E-state index in [1.807, 2.05) is 12.4 Å². The number of nitrogens with one attached hydrogen (secondary N) is 4. The summed E-state index contributed by atoms with van der Waals surface area (Å²) in [6.07, 6.45) is 30.7. The molecule has 0 unspecified atom stereocenters. The number of hydrogen-bond donors (Lipinski definition) is 4. The second-order valence-electron chi connectivity index (χ2n) is 18.9. The van der Waals surface area contributed by atoms with E-state index >= 15 is 0 Å². The normalized spacial score (nSPS) is 13.1. The van der Waals surface area contributed by atoms with Crippen molar-refractivity contribution in [3.05, 3.63) is 179 Å². The quantitative estimate of drug-likeness (QED) is 0.0802. The zero-order valence-electron chi connectivity index (χ0n) is 41.8. The van der Waals surface area contributed by atoms with Crippen LogP contribution < -0.4 is 9.47 Å². The molecule has 0 radical (unpaired) electrons. The van der Waals surface area contributed by atoms with Crippen LogP contribution in [0.5, 0.6) is 11.5 Å². The zero-order chi connectivity index (χ0) is 49.0. The van der Waals surface area contributed by atoms with Gasteiger partial charge in [0.15, 0.2) is 0 Å². The minimum Gasteiger partial charge on any atom is -0.488 e. The number of H-pyrrole nitrogens is 4. The van der Waals surface area contributed by atoms with Gasteiger partial charge >= 0.3 is 0 Å². The van der Waals surface area contributed by atoms with Gasteiger partial charge in [-0.3, -0.25) is 0 Å². The van der Waals surface area contributed by atoms with E-state index in [9.17, 15) is 0 Å². The van der Waals surface area contributed by atoms with Crippen LogP contribution in [0.2, 0.25) is 0 Å². The van der Waals surface area contributed by atoms with E-state index in [0.717, 1.165) is 149 Å². The molecule has 3 aliphatic rings. The van der Waals surface area contributed by atoms with Gasteiger partial charge in [0.25, 0.3) is 0 Å². The van der Waals surface area contributed by atoms with Crippen LogP contribution in [0.15, 0.2) is 134 Å². The summed E-state index contributed by atoms with van der Waals surface area (Å²) in [5.41, 5.74) is 18.5. The molecule has 0 bridgehead atoms. The highest BCUT2D eigenvalue weighted by Gasteiger charge is 2.26. The van der Waals surface area contributed by atoms with Gasteiger partial charge < -0.3 is 29.4 Å². The Bertz CT molecular complexity index is 3560. The van der Waals surface area contributed by atoms with Crippen LogP contribution in [0.1, 0.15) is 114 Å². The number of aromatic amines is 4. The third-order valence-electron chi connectivity index (χ3n) is 13.8. The highest BCUT2D eigenvalue weighted by Crippen LogP contribution is 2.45. The Kier molecular flexibility index (Phi) is 15.7. The van der Waals surface area contributed by atoms with E-state index in [2.05, 4.69) is 179 Å². The lowest BCUT2D eigenvalue weighted by molar-refractivity contribution is 0.302. The number of aromatic nitrogens is 8. The van der Waals surface area contributed by atoms with Crippen molar-refractivity contribution in [1.29, 1.82) is 0 Å². The van der Waals surface area contributed by atoms with Gasteiger partial charge in [0.2, 0.25) is 0 Å². The molecule has 0 amide bonds. The Morgan fingerprint density at radius 3 is 1.59 bits per heavy atom. The number of allylic oxidation sites excluding steroid dienone is 8. The van der Waals surface area contributed by atoms with Crippen molar-refractivity contribution in [2.75, 3.05) is 0 Å². The molecule has 0 spiro atoms. The Morgan fingerprint density at radius 1 is 0.473 bits per heavy atom. The first-order chi connectivity index (χ1) is 35.5. The third-order valence-corrected chi connectivity index (χ3v) is 13.8. The average molecular weight is 983 g/mol. The van der Waals surface area contributed by atoms with Crippen molar-refractivity contribution in [2.24, 2.45) is 0 Å². The van der Waals surface area contributed by atoms with Gasteiger partial charge in [0.1, 0.15) is 48.0 Å². The summed E-state index contributed by atoms with van der Waals surface area (Å²) < 4.78 is 12.6. The van der Waals surface area contributed by atoms with Crippen LogP contribution in [-0.2, 0) is 51.7 Å². The Labute approximate surface area is 436 Å². The van der Waals surface area contributed by atoms with Gasteiger partial charge in [-0.05, 0) is 125 Å². The van der Waals surface area contributed by atoms with Gasteiger partial charge in [0, 0.05) is 53.5 Å². The molecule has 4 aromatic heterocycles. The maximum Gasteiger partial charge on any atom is 0.128 e. The Hall–Kier alpha value is -7.98. The van der Waals surface area contributed by atoms with E-state index < -0.39 is 0 Å². The van der Waals surface area contributed by atoms with Gasteiger partial charge in [-0.1, -0.05) is 121 Å². The first-order valence-electron chi connectivity index (χ1n) is 25.9. The predicted octanol–water partition coefficient (Wildman–Crippen LogP) is 16.1. The topological polar surface area (TPSA) is 133 Å². The standard InChI is InChI=1S/C31H32N4O.C31H30N4O.2CH4/c2*1-3-5-7-9-29-32-18-27(34-29)21-11-13-23-22(15-21)19-36-28-17-24-20(16-25(23)28)12-14-26-31(24)35-30(33-26)10-8-6-4-2;;/h5-8,11,13,15-18H,3-4,9-10,12,14,19H2,1-2H3,(H,32,34)(H,33,35);5-8,11-18H,3-4,9-10,19H2,1-2H3,(H,32,34)(H,33,35);2*1H4. The van der Waals surface area contributed by atoms with E-state index in [1.165, 1.54) is 50.0 Å². The van der Waals surface area contributed by atoms with E-state index in [0.29, 0.717) is 13.2 Å². The van der Waals surface area contributed by atoms with Crippen LogP contribution in [0.25, 0.3) is 77.8 Å². The molecule has 0 saturated heterocycles. The lowest BCUT2D eigenvalue weighted by Crippen LogP contribution is -2.09. The summed E-state index contributed by atoms with van der Waals surface area (Å²) in [5.74, 6) is 5.86. The van der Waals surface area contributed by atoms with Gasteiger partial charge in [0.05, 0.1) is 40.5 Å². The number of aryl methyl sites for hydroxylation is 2. The van der Waals surface area contributed by atoms with Gasteiger partial charge in [-0.2, -0.15) is 0 Å². The van der Waals surface area contributed by atoms with Crippen LogP contribution in [0.4, 0.5) is 0 Å². The number of fused-ring (bicyclic) bond motifs is 12. The number of rotatable bonds is 14. The van der Waals surface area contributed by atoms with E-state index in [4.69, 9.17) is 19.4 Å². The molecule has 74 heavy (non-hydrogen) atoms. The van der Waals surface area contributed by atoms with Crippen molar-refractivity contribution >= 4 is 21.8 Å². The monoisotopic (exact) mass is 983 g/mol. The molecule has 2 aliphatic heterocycles. The predicted molar refractivity (Wildman–Crippen MR) is 306 cm³/mol. The summed E-state index contributed by atoms with van der Waals surface area (Å²) in [7, 11) is 0. The lowest BCUT2D eigenvalue weighted by atomic mass is 9.86. The summed E-state index contributed by atoms with van der Waals surface area (Å²) in [5, 5.41) is 2.29. The number of imidazole rings is 4. The van der Waals surface area contributed by atoms with Gasteiger partial charge in [-0.15, -0.1) is 0 Å². The Balaban J connectivity index is 0.000000177. The molecular weight excluding hydrogens is 913 g/mol. The van der Waals surface area contributed by atoms with Crippen LogP contribution in [0, 0.1) is 0 Å². The maximum absolute atomic E-state index is 6.29. The third kappa shape index (κ3) is 10.4. The van der Waals surface area contributed by atoms with Crippen molar-refractivity contribution in [1.82, 2.24) is 39.9 Å². The fourth-order valence-corrected chi connectivity index (χ4v) is 10.2. The van der Waals surface area contributed by atoms with Crippen molar-refractivity contribution < 1.29 is 9.47 Å². The molecule has 10 heteroatoms. The van der Waals surface area contributed by atoms with E-state index in [1.54, 1.807) is 0 Å². The van der Waals surface area contributed by atoms with Crippen LogP contribution >= 0.6 is 0 Å². The maximum atomic E-state index is 6.29. The van der Waals surface area contributed by atoms with Crippen molar-refractivity contribution in [3.8, 4) is 67.5 Å². The molecule has 12 rings (SSSR count). The lowest BCUT2D eigenvalue weighted by Gasteiger charge is -2.25. The summed E-state index contributed by atoms with van der Waals surface area (Å²) in [6.45, 7) is 9.70. The smallest absolute Gasteiger partial charge is 0.128 e. The molecule has 5 aromatic carbocycles. The number of ether oxygens (including phenoxy) is 2. The molecular formula is C64H70N8O2. The summed E-state index contributed by atoms with van der Waals surface area (Å²) in [4.78, 5) is 32.9. The average Bonchev–Trinajstić information content (AvgIpc) is 4.25. The number of benzene rings is 5. The highest BCUT2D eigenvalue weighted by molar-refractivity contribution is 6.07. The molecule has 1 aliphatic carbocycles. The molecule has 10 nitrogen and oxygen atoms in total. The summed E-state index contributed by atoms with van der Waals surface area (Å²) in [6, 6.07) is 26.5. The Morgan fingerprint density at radius 2 is 1.01 bits per heavy atom. The molecule has 4 N–H and O–H groups in total. The SMILES string of the molecule is C.C.CCC=CCc1ncc(-c2ccc3c(c2)COc2cc4c(cc2-3)CCc2[nH]c(CC=CCC)nc2-4)[nH]1.CCC=CCc1ncc(-c2ccc3c(c2)COc2cc4c(ccc5[nH]c(CC=CCC)nc54)cc2-3)[nH]1. The molecule has 0 saturated carbocycles. The summed E-state index contributed by atoms with van der Waals surface area (Å²) >= 11 is 0. The van der Waals surface area contributed by atoms with E-state index in [-0.39, 0.29) is 14.9 Å². The second kappa shape index (κ2) is 22.8. The van der Waals surface area contributed by atoms with Crippen molar-refractivity contribution in [2.45, 2.75) is 120 Å².